The van der Waals surface area contributed by atoms with Gasteiger partial charge in [-0.1, -0.05) is 0 Å². The van der Waals surface area contributed by atoms with Crippen LogP contribution in [-0.2, 0) is 9.59 Å². The molecule has 0 aromatic carbocycles. The molecule has 1 aliphatic rings. The molecule has 1 heterocycles. The van der Waals surface area contributed by atoms with E-state index >= 15 is 0 Å². The summed E-state index contributed by atoms with van der Waals surface area (Å²) >= 11 is 1.55. The molecule has 6 heteroatoms. The fourth-order valence-corrected chi connectivity index (χ4v) is 1.95. The van der Waals surface area contributed by atoms with Crippen LogP contribution in [-0.4, -0.2) is 42.1 Å². The number of hydrogen-bond donors (Lipinski definition) is 3. The van der Waals surface area contributed by atoms with E-state index in [4.69, 9.17) is 5.11 Å². The molecule has 0 unspecified atom stereocenters. The highest BCUT2D eigenvalue weighted by molar-refractivity contribution is 7.98. The van der Waals surface area contributed by atoms with Crippen LogP contribution in [0.15, 0.2) is 11.3 Å². The topological polar surface area (TPSA) is 78.4 Å². The SMILES string of the molecule is CSC/C(CCO)=C1/NC(=O)CNC1=O. The number of nitrogens with one attached hydrogen (secondary N) is 2. The predicted octanol–water partition coefficient (Wildman–Crippen LogP) is -0.768. The summed E-state index contributed by atoms with van der Waals surface area (Å²) in [5.41, 5.74) is 1.07. The van der Waals surface area contributed by atoms with Crippen molar-refractivity contribution >= 4 is 23.6 Å². The Labute approximate surface area is 92.3 Å². The van der Waals surface area contributed by atoms with Crippen LogP contribution in [0.4, 0.5) is 0 Å². The van der Waals surface area contributed by atoms with Crippen molar-refractivity contribution in [3.05, 3.63) is 11.3 Å². The molecule has 0 atom stereocenters. The lowest BCUT2D eigenvalue weighted by molar-refractivity contribution is -0.128. The van der Waals surface area contributed by atoms with E-state index in [0.29, 0.717) is 17.9 Å². The van der Waals surface area contributed by atoms with Crippen molar-refractivity contribution in [1.82, 2.24) is 10.6 Å². The smallest absolute Gasteiger partial charge is 0.268 e. The van der Waals surface area contributed by atoms with Gasteiger partial charge in [-0.3, -0.25) is 9.59 Å². The van der Waals surface area contributed by atoms with Crippen molar-refractivity contribution in [2.45, 2.75) is 6.42 Å². The summed E-state index contributed by atoms with van der Waals surface area (Å²) < 4.78 is 0. The van der Waals surface area contributed by atoms with Gasteiger partial charge in [0.05, 0.1) is 6.54 Å². The van der Waals surface area contributed by atoms with E-state index in [2.05, 4.69) is 10.6 Å². The summed E-state index contributed by atoms with van der Waals surface area (Å²) in [5.74, 6) is 0.136. The molecule has 84 valence electrons. The molecule has 1 aliphatic heterocycles. The third-order valence-electron chi connectivity index (χ3n) is 1.99. The van der Waals surface area contributed by atoms with Crippen LogP contribution in [0.2, 0.25) is 0 Å². The van der Waals surface area contributed by atoms with Crippen molar-refractivity contribution in [3.63, 3.8) is 0 Å². The second kappa shape index (κ2) is 5.77. The van der Waals surface area contributed by atoms with Crippen LogP contribution in [0.5, 0.6) is 0 Å². The molecule has 0 aromatic heterocycles. The van der Waals surface area contributed by atoms with E-state index in [1.807, 2.05) is 6.26 Å². The average molecular weight is 230 g/mol. The number of amides is 2. The minimum absolute atomic E-state index is 0.0218. The molecule has 1 rings (SSSR count). The van der Waals surface area contributed by atoms with Crippen LogP contribution in [0.25, 0.3) is 0 Å². The van der Waals surface area contributed by atoms with Gasteiger partial charge in [0, 0.05) is 12.4 Å². The second-order valence-electron chi connectivity index (χ2n) is 3.12. The predicted molar refractivity (Wildman–Crippen MR) is 58.3 cm³/mol. The van der Waals surface area contributed by atoms with E-state index in [1.54, 1.807) is 11.8 Å². The fourth-order valence-electron chi connectivity index (χ4n) is 1.32. The molecule has 5 nitrogen and oxygen atoms in total. The molecule has 0 bridgehead atoms. The first-order valence-corrected chi connectivity index (χ1v) is 5.98. The van der Waals surface area contributed by atoms with Gasteiger partial charge in [-0.15, -0.1) is 0 Å². The Bertz CT molecular complexity index is 294. The van der Waals surface area contributed by atoms with Crippen molar-refractivity contribution in [1.29, 1.82) is 0 Å². The van der Waals surface area contributed by atoms with Gasteiger partial charge < -0.3 is 15.7 Å². The van der Waals surface area contributed by atoms with Gasteiger partial charge in [0.2, 0.25) is 5.91 Å². The molecule has 2 amide bonds. The largest absolute Gasteiger partial charge is 0.396 e. The quantitative estimate of drug-likeness (QED) is 0.554. The summed E-state index contributed by atoms with van der Waals surface area (Å²) in [5, 5.41) is 13.9. The molecule has 1 fully saturated rings. The summed E-state index contributed by atoms with van der Waals surface area (Å²) in [7, 11) is 0. The minimum Gasteiger partial charge on any atom is -0.396 e. The highest BCUT2D eigenvalue weighted by atomic mass is 32.2. The van der Waals surface area contributed by atoms with Gasteiger partial charge in [-0.2, -0.15) is 11.8 Å². The van der Waals surface area contributed by atoms with Crippen LogP contribution >= 0.6 is 11.8 Å². The normalized spacial score (nSPS) is 19.6. The molecular weight excluding hydrogens is 216 g/mol. The van der Waals surface area contributed by atoms with Crippen LogP contribution in [0.3, 0.4) is 0 Å². The molecule has 0 aromatic rings. The van der Waals surface area contributed by atoms with Gasteiger partial charge in [0.1, 0.15) is 5.70 Å². The zero-order chi connectivity index (χ0) is 11.3. The summed E-state index contributed by atoms with van der Waals surface area (Å²) in [6.07, 6.45) is 2.31. The van der Waals surface area contributed by atoms with E-state index in [-0.39, 0.29) is 25.0 Å². The van der Waals surface area contributed by atoms with E-state index < -0.39 is 0 Å². The van der Waals surface area contributed by atoms with E-state index in [1.165, 1.54) is 0 Å². The molecule has 0 saturated carbocycles. The Morgan fingerprint density at radius 2 is 2.27 bits per heavy atom. The van der Waals surface area contributed by atoms with Gasteiger partial charge in [-0.25, -0.2) is 0 Å². The molecule has 0 aliphatic carbocycles. The third-order valence-corrected chi connectivity index (χ3v) is 2.62. The Hall–Kier alpha value is -1.01. The number of thioether (sulfide) groups is 1. The number of piperazine rings is 1. The Morgan fingerprint density at radius 1 is 1.53 bits per heavy atom. The standard InChI is InChI=1S/C9H14N2O3S/c1-15-5-6(2-3-12)8-9(14)10-4-7(13)11-8/h12H,2-5H2,1H3,(H,10,14)(H,11,13)/b8-6+. The van der Waals surface area contributed by atoms with E-state index in [0.717, 1.165) is 5.57 Å². The van der Waals surface area contributed by atoms with Crippen molar-refractivity contribution < 1.29 is 14.7 Å². The molecule has 1 saturated heterocycles. The molecule has 0 spiro atoms. The highest BCUT2D eigenvalue weighted by Gasteiger charge is 2.22. The first-order chi connectivity index (χ1) is 7.19. The second-order valence-corrected chi connectivity index (χ2v) is 3.98. The van der Waals surface area contributed by atoms with Crippen LogP contribution in [0, 0.1) is 0 Å². The zero-order valence-corrected chi connectivity index (χ0v) is 9.32. The van der Waals surface area contributed by atoms with Gasteiger partial charge in [-0.05, 0) is 18.2 Å². The first kappa shape index (κ1) is 12.1. The number of carbonyl (C=O) groups is 2. The average Bonchev–Trinajstić information content (AvgIpc) is 2.21. The fraction of sp³-hybridized carbons (Fsp3) is 0.556. The van der Waals surface area contributed by atoms with E-state index in [9.17, 15) is 9.59 Å². The Balaban J connectivity index is 2.88. The zero-order valence-electron chi connectivity index (χ0n) is 8.50. The maximum absolute atomic E-state index is 11.5. The maximum Gasteiger partial charge on any atom is 0.268 e. The van der Waals surface area contributed by atoms with Crippen molar-refractivity contribution in [2.24, 2.45) is 0 Å². The Kier molecular flexibility index (Phi) is 4.64. The van der Waals surface area contributed by atoms with Crippen molar-refractivity contribution in [2.75, 3.05) is 25.2 Å². The van der Waals surface area contributed by atoms with Gasteiger partial charge in [0.25, 0.3) is 5.91 Å². The molecular formula is C9H14N2O3S. The minimum atomic E-state index is -0.271. The lowest BCUT2D eigenvalue weighted by Gasteiger charge is -2.19. The number of rotatable bonds is 4. The molecule has 0 radical (unpaired) electrons. The number of aliphatic hydroxyl groups excluding tert-OH is 1. The van der Waals surface area contributed by atoms with Crippen LogP contribution in [0.1, 0.15) is 6.42 Å². The van der Waals surface area contributed by atoms with Crippen LogP contribution < -0.4 is 10.6 Å². The number of hydrogen-bond acceptors (Lipinski definition) is 4. The summed E-state index contributed by atoms with van der Waals surface area (Å²) in [6, 6.07) is 0. The lowest BCUT2D eigenvalue weighted by atomic mass is 10.1. The lowest BCUT2D eigenvalue weighted by Crippen LogP contribution is -2.47. The highest BCUT2D eigenvalue weighted by Crippen LogP contribution is 2.13. The first-order valence-electron chi connectivity index (χ1n) is 4.59. The van der Waals surface area contributed by atoms with Gasteiger partial charge in [0.15, 0.2) is 0 Å². The molecule has 15 heavy (non-hydrogen) atoms. The summed E-state index contributed by atoms with van der Waals surface area (Å²) in [6.45, 7) is -0.00342. The monoisotopic (exact) mass is 230 g/mol. The summed E-state index contributed by atoms with van der Waals surface area (Å²) in [4.78, 5) is 22.6. The third kappa shape index (κ3) is 3.24. The van der Waals surface area contributed by atoms with Crippen molar-refractivity contribution in [3.8, 4) is 0 Å². The molecule has 3 N–H and O–H groups in total. The Morgan fingerprint density at radius 3 is 2.87 bits per heavy atom. The number of carbonyl (C=O) groups excluding carboxylic acids is 2. The van der Waals surface area contributed by atoms with Gasteiger partial charge >= 0.3 is 0 Å². The maximum atomic E-state index is 11.5. The number of aliphatic hydroxyl groups is 1.